The molecule has 1 saturated carbocycles. The number of carbonyl (C=O) groups excluding carboxylic acids is 1. The first-order valence-corrected chi connectivity index (χ1v) is 8.02. The van der Waals surface area contributed by atoms with Crippen LogP contribution in [-0.4, -0.2) is 15.3 Å². The third-order valence-electron chi connectivity index (χ3n) is 4.41. The summed E-state index contributed by atoms with van der Waals surface area (Å²) in [7, 11) is 0. The number of pyridine rings is 1. The fourth-order valence-corrected chi connectivity index (χ4v) is 3.14. The number of imidazole rings is 1. The van der Waals surface area contributed by atoms with E-state index >= 15 is 0 Å². The second-order valence-electron chi connectivity index (χ2n) is 5.98. The van der Waals surface area contributed by atoms with Crippen LogP contribution in [0.25, 0.3) is 5.65 Å². The van der Waals surface area contributed by atoms with Gasteiger partial charge in [0.05, 0.1) is 22.7 Å². The molecule has 1 aliphatic carbocycles. The first-order valence-electron chi connectivity index (χ1n) is 7.64. The summed E-state index contributed by atoms with van der Waals surface area (Å²) in [6, 6.07) is 13.7. The maximum absolute atomic E-state index is 12.6. The molecule has 1 N–H and O–H groups in total. The molecule has 0 aliphatic heterocycles. The van der Waals surface area contributed by atoms with Gasteiger partial charge in [-0.05, 0) is 30.5 Å². The normalized spacial score (nSPS) is 15.5. The van der Waals surface area contributed by atoms with E-state index in [-0.39, 0.29) is 11.3 Å². The molecule has 3 aromatic rings. The van der Waals surface area contributed by atoms with Crippen molar-refractivity contribution in [2.24, 2.45) is 0 Å². The summed E-state index contributed by atoms with van der Waals surface area (Å²) in [5.74, 6) is 0.0822. The number of fused-ring (bicyclic) bond motifs is 1. The molecule has 5 heteroatoms. The monoisotopic (exact) mass is 325 g/mol. The molecule has 0 bridgehead atoms. The average molecular weight is 326 g/mol. The standard InChI is InChI=1S/C18H16ClN3O/c19-14-6-7-16-21-15(12-22(16)11-14)10-20-17(23)18(8-9-18)13-4-2-1-3-5-13/h1-7,11-12H,8-10H2,(H,20,23). The molecule has 1 aliphatic rings. The number of hydrogen-bond donors (Lipinski definition) is 1. The molecular weight excluding hydrogens is 310 g/mol. The molecule has 1 fully saturated rings. The fraction of sp³-hybridized carbons (Fsp3) is 0.222. The lowest BCUT2D eigenvalue weighted by Gasteiger charge is -2.15. The maximum atomic E-state index is 12.6. The number of benzene rings is 1. The first kappa shape index (κ1) is 14.3. The average Bonchev–Trinajstić information content (AvgIpc) is 3.29. The predicted molar refractivity (Wildman–Crippen MR) is 89.4 cm³/mol. The summed E-state index contributed by atoms with van der Waals surface area (Å²) in [6.45, 7) is 0.423. The second kappa shape index (κ2) is 5.39. The lowest BCUT2D eigenvalue weighted by Crippen LogP contribution is -2.34. The van der Waals surface area contributed by atoms with Crippen LogP contribution in [0.15, 0.2) is 54.9 Å². The molecule has 2 aromatic heterocycles. The van der Waals surface area contributed by atoms with Gasteiger partial charge in [0.2, 0.25) is 5.91 Å². The van der Waals surface area contributed by atoms with Crippen LogP contribution < -0.4 is 5.32 Å². The van der Waals surface area contributed by atoms with E-state index in [1.165, 1.54) is 0 Å². The largest absolute Gasteiger partial charge is 0.350 e. The summed E-state index contributed by atoms with van der Waals surface area (Å²) >= 11 is 5.97. The molecule has 4 rings (SSSR count). The number of aromatic nitrogens is 2. The number of nitrogens with one attached hydrogen (secondary N) is 1. The van der Waals surface area contributed by atoms with Gasteiger partial charge in [0.25, 0.3) is 0 Å². The lowest BCUT2D eigenvalue weighted by molar-refractivity contribution is -0.123. The quantitative estimate of drug-likeness (QED) is 0.799. The van der Waals surface area contributed by atoms with E-state index in [0.29, 0.717) is 11.6 Å². The zero-order valence-electron chi connectivity index (χ0n) is 12.5. The summed E-state index contributed by atoms with van der Waals surface area (Å²) in [5, 5.41) is 3.69. The van der Waals surface area contributed by atoms with Crippen molar-refractivity contribution in [2.45, 2.75) is 24.8 Å². The molecular formula is C18H16ClN3O. The molecule has 0 atom stereocenters. The molecule has 1 aromatic carbocycles. The van der Waals surface area contributed by atoms with E-state index in [9.17, 15) is 4.79 Å². The van der Waals surface area contributed by atoms with Crippen LogP contribution in [0.2, 0.25) is 5.02 Å². The van der Waals surface area contributed by atoms with Gasteiger partial charge in [0.15, 0.2) is 0 Å². The summed E-state index contributed by atoms with van der Waals surface area (Å²) in [4.78, 5) is 17.1. The number of hydrogen-bond acceptors (Lipinski definition) is 2. The third-order valence-corrected chi connectivity index (χ3v) is 4.63. The van der Waals surface area contributed by atoms with Crippen LogP contribution in [0.3, 0.4) is 0 Å². The Balaban J connectivity index is 1.49. The van der Waals surface area contributed by atoms with Gasteiger partial charge in [-0.15, -0.1) is 0 Å². The van der Waals surface area contributed by atoms with Crippen LogP contribution in [0.4, 0.5) is 0 Å². The van der Waals surface area contributed by atoms with Gasteiger partial charge in [-0.3, -0.25) is 4.79 Å². The molecule has 0 radical (unpaired) electrons. The topological polar surface area (TPSA) is 46.4 Å². The molecule has 4 nitrogen and oxygen atoms in total. The Kier molecular flexibility index (Phi) is 3.34. The lowest BCUT2D eigenvalue weighted by atomic mass is 9.95. The highest BCUT2D eigenvalue weighted by Gasteiger charge is 2.50. The van der Waals surface area contributed by atoms with Crippen molar-refractivity contribution in [2.75, 3.05) is 0 Å². The fourth-order valence-electron chi connectivity index (χ4n) is 2.97. The molecule has 23 heavy (non-hydrogen) atoms. The number of carbonyl (C=O) groups is 1. The van der Waals surface area contributed by atoms with E-state index in [0.717, 1.165) is 29.7 Å². The summed E-state index contributed by atoms with van der Waals surface area (Å²) in [5.41, 5.74) is 2.40. The first-order chi connectivity index (χ1) is 11.2. The number of halogens is 1. The van der Waals surface area contributed by atoms with Crippen LogP contribution in [-0.2, 0) is 16.8 Å². The maximum Gasteiger partial charge on any atom is 0.230 e. The number of nitrogens with zero attached hydrogens (tertiary/aromatic N) is 2. The van der Waals surface area contributed by atoms with E-state index < -0.39 is 0 Å². The van der Waals surface area contributed by atoms with Gasteiger partial charge in [-0.2, -0.15) is 0 Å². The van der Waals surface area contributed by atoms with Crippen molar-refractivity contribution in [1.29, 1.82) is 0 Å². The second-order valence-corrected chi connectivity index (χ2v) is 6.41. The Morgan fingerprint density at radius 2 is 1.96 bits per heavy atom. The van der Waals surface area contributed by atoms with Crippen LogP contribution in [0, 0.1) is 0 Å². The highest BCUT2D eigenvalue weighted by molar-refractivity contribution is 6.30. The SMILES string of the molecule is O=C(NCc1cn2cc(Cl)ccc2n1)C1(c2ccccc2)CC1. The molecule has 2 heterocycles. The van der Waals surface area contributed by atoms with Gasteiger partial charge >= 0.3 is 0 Å². The van der Waals surface area contributed by atoms with Crippen molar-refractivity contribution in [1.82, 2.24) is 14.7 Å². The van der Waals surface area contributed by atoms with Gasteiger partial charge in [-0.25, -0.2) is 4.98 Å². The third kappa shape index (κ3) is 2.59. The van der Waals surface area contributed by atoms with Gasteiger partial charge in [-0.1, -0.05) is 41.9 Å². The van der Waals surface area contributed by atoms with Crippen molar-refractivity contribution in [3.63, 3.8) is 0 Å². The predicted octanol–water partition coefficient (Wildman–Crippen LogP) is 3.34. The van der Waals surface area contributed by atoms with Crippen molar-refractivity contribution >= 4 is 23.2 Å². The van der Waals surface area contributed by atoms with Gasteiger partial charge < -0.3 is 9.72 Å². The number of rotatable bonds is 4. The van der Waals surface area contributed by atoms with E-state index in [4.69, 9.17) is 11.6 Å². The highest BCUT2D eigenvalue weighted by atomic mass is 35.5. The van der Waals surface area contributed by atoms with E-state index in [1.807, 2.05) is 53.2 Å². The van der Waals surface area contributed by atoms with Crippen molar-refractivity contribution in [3.05, 3.63) is 71.1 Å². The zero-order chi connectivity index (χ0) is 15.9. The van der Waals surface area contributed by atoms with E-state index in [2.05, 4.69) is 10.3 Å². The highest BCUT2D eigenvalue weighted by Crippen LogP contribution is 2.48. The van der Waals surface area contributed by atoms with Crippen LogP contribution >= 0.6 is 11.6 Å². The summed E-state index contributed by atoms with van der Waals surface area (Å²) < 4.78 is 1.87. The Labute approximate surface area is 139 Å². The molecule has 0 saturated heterocycles. The molecule has 1 amide bonds. The Hall–Kier alpha value is -2.33. The van der Waals surface area contributed by atoms with Crippen molar-refractivity contribution in [3.8, 4) is 0 Å². The van der Waals surface area contributed by atoms with E-state index in [1.54, 1.807) is 6.07 Å². The Morgan fingerprint density at radius 1 is 1.17 bits per heavy atom. The Morgan fingerprint density at radius 3 is 2.70 bits per heavy atom. The molecule has 0 unspecified atom stereocenters. The number of amides is 1. The molecule has 116 valence electrons. The molecule has 0 spiro atoms. The van der Waals surface area contributed by atoms with Crippen LogP contribution in [0.1, 0.15) is 24.1 Å². The van der Waals surface area contributed by atoms with Gasteiger partial charge in [0, 0.05) is 12.4 Å². The summed E-state index contributed by atoms with van der Waals surface area (Å²) in [6.07, 6.45) is 5.51. The van der Waals surface area contributed by atoms with Gasteiger partial charge in [0.1, 0.15) is 5.65 Å². The zero-order valence-corrected chi connectivity index (χ0v) is 13.3. The smallest absolute Gasteiger partial charge is 0.230 e. The minimum absolute atomic E-state index is 0.0822. The van der Waals surface area contributed by atoms with Crippen LogP contribution in [0.5, 0.6) is 0 Å². The minimum Gasteiger partial charge on any atom is -0.350 e. The van der Waals surface area contributed by atoms with Crippen molar-refractivity contribution < 1.29 is 4.79 Å². The Bertz CT molecular complexity index is 868. The minimum atomic E-state index is -0.344.